The van der Waals surface area contributed by atoms with E-state index in [1.54, 1.807) is 6.07 Å². The number of halogens is 2. The molecule has 6 nitrogen and oxygen atoms in total. The number of aromatic nitrogens is 4. The summed E-state index contributed by atoms with van der Waals surface area (Å²) in [7, 11) is 0. The summed E-state index contributed by atoms with van der Waals surface area (Å²) in [4.78, 5) is 16.2. The summed E-state index contributed by atoms with van der Waals surface area (Å²) in [6.07, 6.45) is 1.98. The molecule has 21 heavy (non-hydrogen) atoms. The van der Waals surface area contributed by atoms with Crippen molar-refractivity contribution in [2.24, 2.45) is 0 Å². The van der Waals surface area contributed by atoms with Crippen molar-refractivity contribution in [2.45, 2.75) is 32.4 Å². The first-order chi connectivity index (χ1) is 10.1. The molecule has 2 aromatic heterocycles. The van der Waals surface area contributed by atoms with Crippen molar-refractivity contribution in [3.63, 3.8) is 0 Å². The average molecular weight is 326 g/mol. The molecule has 0 fully saturated rings. The van der Waals surface area contributed by atoms with Crippen LogP contribution in [0.5, 0.6) is 0 Å². The van der Waals surface area contributed by atoms with Gasteiger partial charge in [0.1, 0.15) is 16.7 Å². The molecule has 0 bridgehead atoms. The van der Waals surface area contributed by atoms with Crippen molar-refractivity contribution in [1.82, 2.24) is 25.1 Å². The second-order valence-electron chi connectivity index (χ2n) is 4.89. The lowest BCUT2D eigenvalue weighted by Gasteiger charge is -2.14. The normalized spacial score (nSPS) is 14.8. The van der Waals surface area contributed by atoms with E-state index < -0.39 is 0 Å². The highest BCUT2D eigenvalue weighted by atomic mass is 35.5. The lowest BCUT2D eigenvalue weighted by molar-refractivity contribution is 0.0932. The van der Waals surface area contributed by atoms with Gasteiger partial charge in [-0.15, -0.1) is 10.2 Å². The van der Waals surface area contributed by atoms with Gasteiger partial charge in [0, 0.05) is 13.0 Å². The van der Waals surface area contributed by atoms with Crippen LogP contribution in [0.15, 0.2) is 12.1 Å². The highest BCUT2D eigenvalue weighted by Crippen LogP contribution is 2.21. The maximum atomic E-state index is 12.2. The van der Waals surface area contributed by atoms with Crippen molar-refractivity contribution in [3.8, 4) is 0 Å². The van der Waals surface area contributed by atoms with Gasteiger partial charge < -0.3 is 9.88 Å². The Kier molecular flexibility index (Phi) is 3.82. The zero-order valence-corrected chi connectivity index (χ0v) is 12.8. The molecular weight excluding hydrogens is 313 g/mol. The third kappa shape index (κ3) is 2.73. The Morgan fingerprint density at radius 1 is 1.38 bits per heavy atom. The summed E-state index contributed by atoms with van der Waals surface area (Å²) >= 11 is 11.8. The Hall–Kier alpha value is -1.66. The maximum absolute atomic E-state index is 12.2. The van der Waals surface area contributed by atoms with Gasteiger partial charge >= 0.3 is 0 Å². The third-order valence-electron chi connectivity index (χ3n) is 3.40. The number of pyridine rings is 1. The van der Waals surface area contributed by atoms with E-state index in [-0.39, 0.29) is 27.8 Å². The van der Waals surface area contributed by atoms with Crippen molar-refractivity contribution >= 4 is 29.1 Å². The lowest BCUT2D eigenvalue weighted by atomic mass is 10.2. The number of fused-ring (bicyclic) bond motifs is 1. The molecule has 110 valence electrons. The van der Waals surface area contributed by atoms with Crippen LogP contribution >= 0.6 is 23.2 Å². The maximum Gasteiger partial charge on any atom is 0.272 e. The van der Waals surface area contributed by atoms with Crippen molar-refractivity contribution in [2.75, 3.05) is 0 Å². The van der Waals surface area contributed by atoms with Crippen LogP contribution in [0.25, 0.3) is 0 Å². The first kappa shape index (κ1) is 14.3. The number of carbonyl (C=O) groups excluding carboxylic acids is 1. The van der Waals surface area contributed by atoms with Crippen LogP contribution in [0.4, 0.5) is 0 Å². The van der Waals surface area contributed by atoms with Crippen LogP contribution in [0.3, 0.4) is 0 Å². The quantitative estimate of drug-likeness (QED) is 0.879. The van der Waals surface area contributed by atoms with Gasteiger partial charge in [-0.3, -0.25) is 4.79 Å². The smallest absolute Gasteiger partial charge is 0.272 e. The van der Waals surface area contributed by atoms with Gasteiger partial charge in [0.15, 0.2) is 5.82 Å². The van der Waals surface area contributed by atoms with Gasteiger partial charge in [0.25, 0.3) is 5.91 Å². The van der Waals surface area contributed by atoms with E-state index in [1.807, 2.05) is 11.5 Å². The fourth-order valence-electron chi connectivity index (χ4n) is 2.40. The zero-order valence-electron chi connectivity index (χ0n) is 11.3. The number of amides is 1. The van der Waals surface area contributed by atoms with E-state index in [1.165, 1.54) is 6.07 Å². The lowest BCUT2D eigenvalue weighted by Crippen LogP contribution is -2.29. The van der Waals surface area contributed by atoms with Crippen molar-refractivity contribution in [3.05, 3.63) is 39.7 Å². The summed E-state index contributed by atoms with van der Waals surface area (Å²) in [6, 6.07) is 2.80. The molecule has 3 rings (SSSR count). The second-order valence-corrected chi connectivity index (χ2v) is 5.68. The Bertz CT molecular complexity index is 700. The minimum absolute atomic E-state index is 0.108. The molecule has 1 unspecified atom stereocenters. The van der Waals surface area contributed by atoms with Crippen LogP contribution in [-0.4, -0.2) is 25.7 Å². The zero-order chi connectivity index (χ0) is 15.0. The van der Waals surface area contributed by atoms with Gasteiger partial charge in [-0.25, -0.2) is 4.98 Å². The molecule has 0 saturated carbocycles. The Labute approximate surface area is 131 Å². The van der Waals surface area contributed by atoms with Gasteiger partial charge in [0.05, 0.1) is 11.1 Å². The number of carbonyl (C=O) groups is 1. The van der Waals surface area contributed by atoms with E-state index >= 15 is 0 Å². The van der Waals surface area contributed by atoms with Crippen molar-refractivity contribution in [1.29, 1.82) is 0 Å². The Morgan fingerprint density at radius 3 is 3.00 bits per heavy atom. The minimum Gasteiger partial charge on any atom is -0.341 e. The van der Waals surface area contributed by atoms with Crippen LogP contribution in [0, 0.1) is 0 Å². The number of nitrogens with zero attached hydrogens (tertiary/aromatic N) is 4. The highest BCUT2D eigenvalue weighted by molar-refractivity contribution is 6.34. The molecule has 1 atom stereocenters. The fourth-order valence-corrected chi connectivity index (χ4v) is 2.74. The topological polar surface area (TPSA) is 72.7 Å². The number of aryl methyl sites for hydroxylation is 1. The minimum atomic E-state index is -0.384. The second kappa shape index (κ2) is 5.61. The average Bonchev–Trinajstić information content (AvgIpc) is 3.03. The molecule has 1 aliphatic rings. The first-order valence-electron chi connectivity index (χ1n) is 6.61. The summed E-state index contributed by atoms with van der Waals surface area (Å²) in [5, 5.41) is 11.6. The first-order valence-corrected chi connectivity index (χ1v) is 7.36. The largest absolute Gasteiger partial charge is 0.341 e. The molecule has 0 saturated heterocycles. The molecule has 0 spiro atoms. The summed E-state index contributed by atoms with van der Waals surface area (Å²) in [5.41, 5.74) is 0.108. The van der Waals surface area contributed by atoms with Gasteiger partial charge in [-0.05, 0) is 25.5 Å². The predicted octanol–water partition coefficient (Wildman–Crippen LogP) is 2.42. The molecule has 0 aliphatic carbocycles. The third-order valence-corrected chi connectivity index (χ3v) is 3.92. The number of nitrogens with one attached hydrogen (secondary N) is 1. The standard InChI is InChI=1S/C13H13Cl2N5O/c1-7(12-19-18-10-3-2-6-20(10)12)16-13(21)11-8(14)4-5-9(15)17-11/h4-5,7H,2-3,6H2,1H3,(H,16,21). The Balaban J connectivity index is 1.79. The molecule has 1 N–H and O–H groups in total. The molecular formula is C13H13Cl2N5O. The molecule has 1 amide bonds. The predicted molar refractivity (Wildman–Crippen MR) is 78.5 cm³/mol. The summed E-state index contributed by atoms with van der Waals surface area (Å²) < 4.78 is 2.04. The van der Waals surface area contributed by atoms with Crippen molar-refractivity contribution < 1.29 is 4.79 Å². The van der Waals surface area contributed by atoms with Crippen LogP contribution in [-0.2, 0) is 13.0 Å². The molecule has 8 heteroatoms. The van der Waals surface area contributed by atoms with Gasteiger partial charge in [-0.2, -0.15) is 0 Å². The molecule has 0 aromatic carbocycles. The molecule has 1 aliphatic heterocycles. The van der Waals surface area contributed by atoms with E-state index in [4.69, 9.17) is 23.2 Å². The van der Waals surface area contributed by atoms with Crippen LogP contribution in [0.2, 0.25) is 10.2 Å². The molecule has 0 radical (unpaired) electrons. The highest BCUT2D eigenvalue weighted by Gasteiger charge is 2.23. The van der Waals surface area contributed by atoms with E-state index in [0.29, 0.717) is 0 Å². The molecule has 3 heterocycles. The number of hydrogen-bond acceptors (Lipinski definition) is 4. The van der Waals surface area contributed by atoms with Gasteiger partial charge in [-0.1, -0.05) is 23.2 Å². The van der Waals surface area contributed by atoms with Crippen LogP contribution in [0.1, 0.15) is 41.5 Å². The summed E-state index contributed by atoms with van der Waals surface area (Å²) in [6.45, 7) is 2.74. The summed E-state index contributed by atoms with van der Waals surface area (Å²) in [5.74, 6) is 1.32. The van der Waals surface area contributed by atoms with Gasteiger partial charge in [0.2, 0.25) is 0 Å². The number of rotatable bonds is 3. The van der Waals surface area contributed by atoms with Crippen LogP contribution < -0.4 is 5.32 Å². The Morgan fingerprint density at radius 2 is 2.19 bits per heavy atom. The van der Waals surface area contributed by atoms with E-state index in [9.17, 15) is 4.79 Å². The SMILES string of the molecule is CC(NC(=O)c1nc(Cl)ccc1Cl)c1nnc2n1CCC2. The number of hydrogen-bond donors (Lipinski definition) is 1. The molecule has 2 aromatic rings. The van der Waals surface area contributed by atoms with E-state index in [2.05, 4.69) is 20.5 Å². The fraction of sp³-hybridized carbons (Fsp3) is 0.385. The van der Waals surface area contributed by atoms with E-state index in [0.717, 1.165) is 31.0 Å². The monoisotopic (exact) mass is 325 g/mol.